The van der Waals surface area contributed by atoms with Gasteiger partial charge in [0, 0.05) is 18.4 Å². The number of nitrogens with zero attached hydrogens (tertiary/aromatic N) is 4. The first-order valence-electron chi connectivity index (χ1n) is 5.80. The van der Waals surface area contributed by atoms with Gasteiger partial charge in [-0.05, 0) is 30.9 Å². The lowest BCUT2D eigenvalue weighted by atomic mass is 10.2. The van der Waals surface area contributed by atoms with Crippen molar-refractivity contribution < 1.29 is 4.79 Å². The molecule has 2 heterocycles. The van der Waals surface area contributed by atoms with Gasteiger partial charge in [-0.3, -0.25) is 9.48 Å². The SMILES string of the molecule is CCc1nnsc1C(=O)N[C@@H](C)Cn1cccn1. The molecule has 2 aromatic rings. The van der Waals surface area contributed by atoms with E-state index in [-0.39, 0.29) is 11.9 Å². The summed E-state index contributed by atoms with van der Waals surface area (Å²) in [6.07, 6.45) is 4.30. The predicted molar refractivity (Wildman–Crippen MR) is 68.4 cm³/mol. The van der Waals surface area contributed by atoms with Gasteiger partial charge in [-0.25, -0.2) is 0 Å². The highest BCUT2D eigenvalue weighted by Gasteiger charge is 2.16. The molecule has 0 aliphatic heterocycles. The van der Waals surface area contributed by atoms with E-state index in [4.69, 9.17) is 0 Å². The molecule has 0 aromatic carbocycles. The average Bonchev–Trinajstić information content (AvgIpc) is 2.97. The van der Waals surface area contributed by atoms with Crippen LogP contribution in [0.1, 0.15) is 29.2 Å². The Morgan fingerprint density at radius 1 is 1.61 bits per heavy atom. The van der Waals surface area contributed by atoms with Crippen LogP contribution in [0.2, 0.25) is 0 Å². The molecule has 0 saturated carbocycles. The summed E-state index contributed by atoms with van der Waals surface area (Å²) in [5.41, 5.74) is 0.754. The zero-order valence-electron chi connectivity index (χ0n) is 10.3. The van der Waals surface area contributed by atoms with Crippen LogP contribution in [0.15, 0.2) is 18.5 Å². The normalized spacial score (nSPS) is 12.3. The molecule has 18 heavy (non-hydrogen) atoms. The molecule has 1 amide bonds. The van der Waals surface area contributed by atoms with Crippen molar-refractivity contribution in [3.05, 3.63) is 29.0 Å². The quantitative estimate of drug-likeness (QED) is 0.879. The molecule has 0 saturated heterocycles. The van der Waals surface area contributed by atoms with Crippen molar-refractivity contribution in [3.63, 3.8) is 0 Å². The molecular weight excluding hydrogens is 250 g/mol. The van der Waals surface area contributed by atoms with E-state index in [1.807, 2.05) is 26.1 Å². The first-order chi connectivity index (χ1) is 8.70. The second-order valence-electron chi connectivity index (χ2n) is 4.00. The molecular formula is C11H15N5OS. The van der Waals surface area contributed by atoms with Crippen LogP contribution in [0, 0.1) is 0 Å². The number of hydrogen-bond donors (Lipinski definition) is 1. The van der Waals surface area contributed by atoms with Crippen LogP contribution < -0.4 is 5.32 Å². The van der Waals surface area contributed by atoms with Gasteiger partial charge in [-0.15, -0.1) is 5.10 Å². The van der Waals surface area contributed by atoms with E-state index >= 15 is 0 Å². The fourth-order valence-electron chi connectivity index (χ4n) is 1.64. The van der Waals surface area contributed by atoms with E-state index in [1.165, 1.54) is 0 Å². The molecule has 6 nitrogen and oxygen atoms in total. The molecule has 1 N–H and O–H groups in total. The van der Waals surface area contributed by atoms with Gasteiger partial charge in [0.2, 0.25) is 0 Å². The second kappa shape index (κ2) is 5.72. The second-order valence-corrected chi connectivity index (χ2v) is 4.76. The molecule has 2 aromatic heterocycles. The molecule has 7 heteroatoms. The van der Waals surface area contributed by atoms with Gasteiger partial charge < -0.3 is 5.32 Å². The highest BCUT2D eigenvalue weighted by atomic mass is 32.1. The highest BCUT2D eigenvalue weighted by molar-refractivity contribution is 7.08. The van der Waals surface area contributed by atoms with Gasteiger partial charge in [-0.2, -0.15) is 5.10 Å². The molecule has 0 bridgehead atoms. The van der Waals surface area contributed by atoms with E-state index in [2.05, 4.69) is 20.0 Å². The molecule has 0 spiro atoms. The zero-order chi connectivity index (χ0) is 13.0. The van der Waals surface area contributed by atoms with Crippen molar-refractivity contribution in [3.8, 4) is 0 Å². The lowest BCUT2D eigenvalue weighted by Crippen LogP contribution is -2.35. The van der Waals surface area contributed by atoms with Gasteiger partial charge >= 0.3 is 0 Å². The standard InChI is InChI=1S/C11H15N5OS/c1-3-9-10(18-15-14-9)11(17)13-8(2)7-16-6-4-5-12-16/h4-6,8H,3,7H2,1-2H3,(H,13,17)/t8-/m0/s1. The molecule has 0 unspecified atom stereocenters. The van der Waals surface area contributed by atoms with Gasteiger partial charge in [0.15, 0.2) is 0 Å². The summed E-state index contributed by atoms with van der Waals surface area (Å²) in [7, 11) is 0. The van der Waals surface area contributed by atoms with Crippen LogP contribution in [-0.2, 0) is 13.0 Å². The fourth-order valence-corrected chi connectivity index (χ4v) is 2.29. The van der Waals surface area contributed by atoms with E-state index in [0.29, 0.717) is 17.8 Å². The van der Waals surface area contributed by atoms with Crippen LogP contribution >= 0.6 is 11.5 Å². The van der Waals surface area contributed by atoms with Gasteiger partial charge in [0.05, 0.1) is 12.2 Å². The first kappa shape index (κ1) is 12.7. The molecule has 96 valence electrons. The van der Waals surface area contributed by atoms with E-state index in [0.717, 1.165) is 17.2 Å². The smallest absolute Gasteiger partial charge is 0.265 e. The molecule has 0 aliphatic carbocycles. The Kier molecular flexibility index (Phi) is 4.03. The third-order valence-electron chi connectivity index (χ3n) is 2.49. The maximum Gasteiger partial charge on any atom is 0.265 e. The van der Waals surface area contributed by atoms with Gasteiger partial charge in [-0.1, -0.05) is 11.4 Å². The number of nitrogens with one attached hydrogen (secondary N) is 1. The number of rotatable bonds is 5. The number of hydrogen-bond acceptors (Lipinski definition) is 5. The van der Waals surface area contributed by atoms with Crippen molar-refractivity contribution in [1.82, 2.24) is 24.7 Å². The minimum absolute atomic E-state index is 0.00389. The number of aromatic nitrogens is 4. The van der Waals surface area contributed by atoms with Crippen LogP contribution in [0.5, 0.6) is 0 Å². The van der Waals surface area contributed by atoms with Gasteiger partial charge in [0.1, 0.15) is 4.88 Å². The highest BCUT2D eigenvalue weighted by Crippen LogP contribution is 2.11. The van der Waals surface area contributed by atoms with Gasteiger partial charge in [0.25, 0.3) is 5.91 Å². The molecule has 0 fully saturated rings. The number of aryl methyl sites for hydroxylation is 1. The average molecular weight is 265 g/mol. The summed E-state index contributed by atoms with van der Waals surface area (Å²) < 4.78 is 5.60. The number of amides is 1. The number of carbonyl (C=O) groups is 1. The summed E-state index contributed by atoms with van der Waals surface area (Å²) in [5.74, 6) is -0.110. The Hall–Kier alpha value is -1.76. The topological polar surface area (TPSA) is 72.7 Å². The van der Waals surface area contributed by atoms with Crippen LogP contribution in [0.4, 0.5) is 0 Å². The lowest BCUT2D eigenvalue weighted by Gasteiger charge is -2.13. The van der Waals surface area contributed by atoms with Crippen LogP contribution in [0.25, 0.3) is 0 Å². The predicted octanol–water partition coefficient (Wildman–Crippen LogP) is 1.12. The van der Waals surface area contributed by atoms with Crippen LogP contribution in [0.3, 0.4) is 0 Å². The van der Waals surface area contributed by atoms with E-state index in [9.17, 15) is 4.79 Å². The Labute approximate surface area is 109 Å². The minimum Gasteiger partial charge on any atom is -0.347 e. The zero-order valence-corrected chi connectivity index (χ0v) is 11.1. The first-order valence-corrected chi connectivity index (χ1v) is 6.57. The largest absolute Gasteiger partial charge is 0.347 e. The van der Waals surface area contributed by atoms with E-state index < -0.39 is 0 Å². The summed E-state index contributed by atoms with van der Waals surface area (Å²) >= 11 is 1.14. The lowest BCUT2D eigenvalue weighted by molar-refractivity contribution is 0.0939. The summed E-state index contributed by atoms with van der Waals surface area (Å²) in [6, 6.07) is 1.86. The molecule has 2 rings (SSSR count). The third kappa shape index (κ3) is 2.92. The number of carbonyl (C=O) groups excluding carboxylic acids is 1. The minimum atomic E-state index is -0.110. The monoisotopic (exact) mass is 265 g/mol. The van der Waals surface area contributed by atoms with Crippen molar-refractivity contribution in [2.45, 2.75) is 32.9 Å². The molecule has 0 radical (unpaired) electrons. The maximum atomic E-state index is 12.0. The van der Waals surface area contributed by atoms with Crippen molar-refractivity contribution in [1.29, 1.82) is 0 Å². The Bertz CT molecular complexity index is 507. The maximum absolute atomic E-state index is 12.0. The molecule has 0 aliphatic rings. The summed E-state index contributed by atoms with van der Waals surface area (Å²) in [4.78, 5) is 12.6. The summed E-state index contributed by atoms with van der Waals surface area (Å²) in [6.45, 7) is 4.55. The Balaban J connectivity index is 1.95. The van der Waals surface area contributed by atoms with Crippen molar-refractivity contribution in [2.24, 2.45) is 0 Å². The van der Waals surface area contributed by atoms with Crippen molar-refractivity contribution >= 4 is 17.4 Å². The van der Waals surface area contributed by atoms with Crippen LogP contribution in [-0.4, -0.2) is 31.3 Å². The Morgan fingerprint density at radius 2 is 2.44 bits per heavy atom. The summed E-state index contributed by atoms with van der Waals surface area (Å²) in [5, 5.41) is 11.0. The van der Waals surface area contributed by atoms with E-state index in [1.54, 1.807) is 10.9 Å². The molecule has 1 atom stereocenters. The Morgan fingerprint density at radius 3 is 3.11 bits per heavy atom. The fraction of sp³-hybridized carbons (Fsp3) is 0.455. The third-order valence-corrected chi connectivity index (χ3v) is 3.26. The van der Waals surface area contributed by atoms with Crippen molar-refractivity contribution in [2.75, 3.05) is 0 Å².